The van der Waals surface area contributed by atoms with Crippen LogP contribution in [0.3, 0.4) is 0 Å². The molecule has 15 rings (SSSR count). The van der Waals surface area contributed by atoms with E-state index in [9.17, 15) is 60.0 Å². The van der Waals surface area contributed by atoms with E-state index in [1.165, 1.54) is 64.9 Å². The maximum Gasteiger partial charge on any atom is 0.415 e. The van der Waals surface area contributed by atoms with Gasteiger partial charge < -0.3 is 64.5 Å². The maximum atomic E-state index is 14.8. The summed E-state index contributed by atoms with van der Waals surface area (Å²) in [6.45, 7) is 5.71. The van der Waals surface area contributed by atoms with Crippen molar-refractivity contribution in [3.63, 3.8) is 0 Å². The molecule has 3 aromatic heterocycles. The van der Waals surface area contributed by atoms with Crippen molar-refractivity contribution in [1.29, 1.82) is 0 Å². The molecule has 3 N–H and O–H groups in total. The Hall–Kier alpha value is -8.74. The molecular formula is C110H146Cl3N11O16S5. The number of para-hydroxylation sites is 2. The molecule has 788 valence electrons. The first-order chi connectivity index (χ1) is 69.9. The van der Waals surface area contributed by atoms with Gasteiger partial charge in [0.25, 0.3) is 0 Å². The third-order valence-corrected chi connectivity index (χ3v) is 35.0. The molecule has 35 heteroatoms. The number of ketones is 3. The molecule has 4 aliphatic heterocycles. The van der Waals surface area contributed by atoms with Gasteiger partial charge in [-0.2, -0.15) is 0 Å². The summed E-state index contributed by atoms with van der Waals surface area (Å²) in [7, 11) is -1.99. The summed E-state index contributed by atoms with van der Waals surface area (Å²) in [5, 5.41) is 19.7. The van der Waals surface area contributed by atoms with E-state index >= 15 is 0 Å². The second-order valence-corrected chi connectivity index (χ2v) is 49.3. The number of carbonyl (C=O) groups excluding carboxylic acids is 9. The first kappa shape index (κ1) is 113. The van der Waals surface area contributed by atoms with Gasteiger partial charge in [0, 0.05) is 134 Å². The minimum atomic E-state index is -3.08. The van der Waals surface area contributed by atoms with Crippen molar-refractivity contribution < 1.29 is 74.2 Å². The highest BCUT2D eigenvalue weighted by molar-refractivity contribution is 7.90. The normalized spacial score (nSPS) is 20.0. The third-order valence-electron chi connectivity index (χ3n) is 29.2. The van der Waals surface area contributed by atoms with Crippen LogP contribution in [0.25, 0.3) is 10.8 Å². The van der Waals surface area contributed by atoms with Crippen LogP contribution in [-0.2, 0) is 74.2 Å². The molecule has 6 amide bonds. The Labute approximate surface area is 884 Å². The number of ether oxygens (including phenoxy) is 3. The first-order valence-electron chi connectivity index (χ1n) is 52.1. The number of nitrogens with zero attached hydrogens (tertiary/aromatic N) is 8. The number of hydrogen-bond donors (Lipinski definition) is 3. The molecule has 5 aromatic carbocycles. The Kier molecular flexibility index (Phi) is 44.4. The average Bonchev–Trinajstić information content (AvgIpc) is 1.57. The minimum absolute atomic E-state index is 0.0194. The van der Waals surface area contributed by atoms with Crippen molar-refractivity contribution in [1.82, 2.24) is 55.1 Å². The lowest BCUT2D eigenvalue weighted by molar-refractivity contribution is -0.144. The highest BCUT2D eigenvalue weighted by Crippen LogP contribution is 2.45. The van der Waals surface area contributed by atoms with Crippen molar-refractivity contribution in [3.05, 3.63) is 203 Å². The number of carbonyl (C=O) groups is 9. The van der Waals surface area contributed by atoms with Gasteiger partial charge in [0.1, 0.15) is 37.8 Å². The van der Waals surface area contributed by atoms with Crippen molar-refractivity contribution in [3.8, 4) is 17.2 Å². The second-order valence-electron chi connectivity index (χ2n) is 40.5. The molecule has 145 heavy (non-hydrogen) atoms. The first-order valence-corrected chi connectivity index (χ1v) is 59.9. The fraction of sp³-hybridized carbons (Fsp3) is 0.555. The molecule has 3 aliphatic carbocycles. The van der Waals surface area contributed by atoms with Crippen molar-refractivity contribution >= 4 is 153 Å². The van der Waals surface area contributed by atoms with Gasteiger partial charge in [0.15, 0.2) is 34.6 Å². The maximum absolute atomic E-state index is 14.8. The third kappa shape index (κ3) is 35.5. The second kappa shape index (κ2) is 56.8. The monoisotopic (exact) mass is 2140 g/mol. The highest BCUT2D eigenvalue weighted by Gasteiger charge is 2.47. The Bertz CT molecular complexity index is 5730. The molecule has 3 saturated carbocycles. The number of likely N-dealkylation sites (tertiary alicyclic amines) is 1. The number of halogens is 3. The van der Waals surface area contributed by atoms with E-state index in [2.05, 4.69) is 70.2 Å². The lowest BCUT2D eigenvalue weighted by atomic mass is 9.72. The number of Topliss-reactive ketones (excluding diaryl/α,β-unsaturated/α-hetero) is 3. The Morgan fingerprint density at radius 3 is 1.20 bits per heavy atom. The van der Waals surface area contributed by atoms with E-state index in [-0.39, 0.29) is 147 Å². The number of fused-ring (bicyclic) bond motifs is 1. The Morgan fingerprint density at radius 1 is 0.414 bits per heavy atom. The summed E-state index contributed by atoms with van der Waals surface area (Å²) in [5.74, 6) is 0.496. The van der Waals surface area contributed by atoms with Gasteiger partial charge in [-0.05, 0) is 224 Å². The highest BCUT2D eigenvalue weighted by atomic mass is 35.5. The molecule has 27 nitrogen and oxygen atoms in total. The van der Waals surface area contributed by atoms with Crippen LogP contribution < -0.4 is 30.2 Å². The van der Waals surface area contributed by atoms with E-state index in [1.807, 2.05) is 82.9 Å². The molecule has 0 radical (unpaired) electrons. The van der Waals surface area contributed by atoms with Crippen molar-refractivity contribution in [2.24, 2.45) is 5.41 Å². The number of rotatable bonds is 43. The number of aryl methyl sites for hydroxylation is 3. The van der Waals surface area contributed by atoms with Gasteiger partial charge in [0.05, 0.1) is 52.8 Å². The number of sulfone groups is 2. The van der Waals surface area contributed by atoms with Gasteiger partial charge in [0.2, 0.25) is 17.7 Å². The average molecular weight is 2150 g/mol. The summed E-state index contributed by atoms with van der Waals surface area (Å²) in [5.41, 5.74) is 1.63. The summed E-state index contributed by atoms with van der Waals surface area (Å²) in [6, 6.07) is 44.2. The number of piperazine rings is 3. The lowest BCUT2D eigenvalue weighted by Gasteiger charge is -2.43. The smallest absolute Gasteiger partial charge is 0.409 e. The molecule has 6 atom stereocenters. The fourth-order valence-corrected chi connectivity index (χ4v) is 25.3. The van der Waals surface area contributed by atoms with Gasteiger partial charge in [-0.15, -0.1) is 34.0 Å². The number of nitrogens with one attached hydrogen (secondary N) is 3. The van der Waals surface area contributed by atoms with Crippen LogP contribution in [0.15, 0.2) is 168 Å². The minimum Gasteiger partial charge on any atom is -0.409 e. The molecule has 0 bridgehead atoms. The van der Waals surface area contributed by atoms with Crippen LogP contribution in [0.2, 0.25) is 15.1 Å². The van der Waals surface area contributed by atoms with Gasteiger partial charge in [-0.25, -0.2) is 31.2 Å². The Balaban J connectivity index is 0.000000186. The fourth-order valence-electron chi connectivity index (χ4n) is 21.1. The van der Waals surface area contributed by atoms with Gasteiger partial charge >= 0.3 is 18.3 Å². The molecule has 1 spiro atoms. The Morgan fingerprint density at radius 2 is 0.800 bits per heavy atom. The van der Waals surface area contributed by atoms with E-state index in [4.69, 9.17) is 49.0 Å². The van der Waals surface area contributed by atoms with Gasteiger partial charge in [-0.3, -0.25) is 33.7 Å². The zero-order valence-electron chi connectivity index (χ0n) is 84.4. The predicted molar refractivity (Wildman–Crippen MR) is 578 cm³/mol. The van der Waals surface area contributed by atoms with E-state index < -0.39 is 68.2 Å². The molecule has 4 saturated heterocycles. The largest absolute Gasteiger partial charge is 0.415 e. The number of amides is 6. The number of benzene rings is 5. The van der Waals surface area contributed by atoms with Crippen molar-refractivity contribution in [2.45, 2.75) is 266 Å². The summed E-state index contributed by atoms with van der Waals surface area (Å²) in [4.78, 5) is 143. The summed E-state index contributed by atoms with van der Waals surface area (Å²) < 4.78 is 63.8. The van der Waals surface area contributed by atoms with Crippen LogP contribution in [0.4, 0.5) is 14.4 Å². The topological polar surface area (TPSA) is 312 Å². The molecule has 8 aromatic rings. The van der Waals surface area contributed by atoms with E-state index in [1.54, 1.807) is 103 Å². The number of hydrogen-bond acceptors (Lipinski definition) is 24. The zero-order chi connectivity index (χ0) is 103. The molecule has 7 fully saturated rings. The standard InChI is InChI=1S/C46H57ClN4O6S2.C32H45ClN4O4S.C32H44ClN3O6S2/c1-59(55,56)30-9-3-6-16-39(48-36-21-23-46(24-22-36)25-26-49(33-46)31-34-11-4-2-5-12-34)44(53)51-28-27-50(32-40(51)41(52)19-18-37-14-10-29-58-37)45(54)57-42-20-17-35-13-7-8-15-38(35)43(42)47;1-35(2)19-9-8-15-27(34-24-11-4-3-5-12-24)31(39)37-21-20-36(32(40)41-30-16-7-6-14-26(30)33)23-28(37)29(38)18-17-25-13-10-22-42-25;1-44(40,41)22-9-3-6-15-27(34-24-11-4-2-5-12-24)31(38)36-20-19-35(32(39)42-30-16-8-7-14-26(30)33)23-28(36)29(37)18-17-25-13-10-21-43-25/h2,4-5,7-8,10-15,17,20,29,36,39-40,48H,3,6,9,16,18-19,21-28,30-33H2,1H3;6-7,10,13-14,16,22,24,27-28,34H,3-5,8-9,11-12,15,17-21,23H2,1-2H3;7-8,10,13-14,16,21,24,27-28,34H,2-6,9,11-12,15,17-20,22-23H2,1H3/t36?,39-,40+,46?;2*27-,28+/m111/s1. The van der Waals surface area contributed by atoms with Crippen molar-refractivity contribution in [2.75, 3.05) is 117 Å². The van der Waals surface area contributed by atoms with Crippen LogP contribution in [-0.4, -0.2) is 280 Å². The number of thiophene rings is 3. The van der Waals surface area contributed by atoms with E-state index in [0.717, 1.165) is 135 Å². The SMILES string of the molecule is CN(C)CCCC[C@@H](NC1CCCCC1)C(=O)N1CCN(C(=O)Oc2ccccc2Cl)C[C@H]1C(=O)CCc1cccs1.CS(=O)(=O)CCCCC[C@@H](NC1CCC2(CC1)CCN(Cc1ccccc1)C2)C(=O)N1CCN(C(=O)Oc2ccc3ccccc3c2Cl)C[C@H]1C(=O)CCc1cccs1.CS(=O)(=O)CCCCC[C@@H](NC1CCCCC1)C(=O)N1CCN(C(=O)Oc2ccccc2Cl)C[C@H]1C(=O)CCc1cccs1. The van der Waals surface area contributed by atoms with Crippen LogP contribution in [0, 0.1) is 5.41 Å². The zero-order valence-corrected chi connectivity index (χ0v) is 90.7. The quantitative estimate of drug-likeness (QED) is 0.0299. The summed E-state index contributed by atoms with van der Waals surface area (Å²) >= 11 is 23.9. The molecule has 7 heterocycles. The lowest BCUT2D eigenvalue weighted by Crippen LogP contribution is -2.63. The van der Waals surface area contributed by atoms with Crippen LogP contribution in [0.5, 0.6) is 17.2 Å². The van der Waals surface area contributed by atoms with Gasteiger partial charge in [-0.1, -0.05) is 209 Å². The van der Waals surface area contributed by atoms with E-state index in [0.29, 0.717) is 110 Å². The molecular weight excluding hydrogens is 2000 g/mol. The molecule has 0 unspecified atom stereocenters. The molecule has 7 aliphatic rings. The summed E-state index contributed by atoms with van der Waals surface area (Å²) in [6.07, 6.45) is 27.4. The van der Waals surface area contributed by atoms with Crippen LogP contribution >= 0.6 is 68.8 Å². The predicted octanol–water partition coefficient (Wildman–Crippen LogP) is 19.3. The number of unbranched alkanes of at least 4 members (excludes halogenated alkanes) is 5. The van der Waals surface area contributed by atoms with Crippen LogP contribution in [0.1, 0.15) is 206 Å².